The lowest BCUT2D eigenvalue weighted by Gasteiger charge is -2.24. The molecule has 0 spiro atoms. The van der Waals surface area contributed by atoms with Crippen LogP contribution in [0.15, 0.2) is 18.2 Å². The van der Waals surface area contributed by atoms with Gasteiger partial charge in [-0.15, -0.1) is 0 Å². The van der Waals surface area contributed by atoms with Crippen molar-refractivity contribution in [3.63, 3.8) is 0 Å². The Morgan fingerprint density at radius 2 is 1.75 bits per heavy atom. The summed E-state index contributed by atoms with van der Waals surface area (Å²) in [5.41, 5.74) is 4.06. The van der Waals surface area contributed by atoms with Crippen molar-refractivity contribution in [2.24, 2.45) is 11.8 Å². The van der Waals surface area contributed by atoms with Crippen LogP contribution in [-0.2, 0) is 0 Å². The molecule has 2 saturated carbocycles. The normalized spacial score (nSPS) is 32.0. The van der Waals surface area contributed by atoms with Gasteiger partial charge in [0.2, 0.25) is 0 Å². The van der Waals surface area contributed by atoms with Gasteiger partial charge in [0.05, 0.1) is 0 Å². The van der Waals surface area contributed by atoms with Crippen LogP contribution in [0.1, 0.15) is 36.8 Å². The molecule has 1 nitrogen and oxygen atoms in total. The van der Waals surface area contributed by atoms with Gasteiger partial charge < -0.3 is 5.32 Å². The van der Waals surface area contributed by atoms with E-state index in [4.69, 9.17) is 0 Å². The lowest BCUT2D eigenvalue weighted by Crippen LogP contribution is -2.25. The molecule has 3 atom stereocenters. The molecule has 86 valence electrons. The maximum Gasteiger partial charge on any atom is 0.0347 e. The van der Waals surface area contributed by atoms with E-state index >= 15 is 0 Å². The number of anilines is 1. The van der Waals surface area contributed by atoms with Gasteiger partial charge in [0.1, 0.15) is 0 Å². The molecule has 0 heterocycles. The molecule has 0 aliphatic heterocycles. The van der Waals surface area contributed by atoms with Crippen LogP contribution in [-0.4, -0.2) is 6.04 Å². The minimum absolute atomic E-state index is 0.750. The van der Waals surface area contributed by atoms with E-state index in [1.54, 1.807) is 0 Å². The largest absolute Gasteiger partial charge is 0.382 e. The maximum absolute atomic E-state index is 3.75. The zero-order valence-electron chi connectivity index (χ0n) is 10.3. The molecule has 0 radical (unpaired) electrons. The molecule has 1 N–H and O–H groups in total. The van der Waals surface area contributed by atoms with Gasteiger partial charge in [-0.05, 0) is 68.2 Å². The number of nitrogens with one attached hydrogen (secondary N) is 1. The van der Waals surface area contributed by atoms with Crippen LogP contribution in [0.25, 0.3) is 0 Å². The van der Waals surface area contributed by atoms with Gasteiger partial charge in [0, 0.05) is 11.7 Å². The van der Waals surface area contributed by atoms with E-state index in [1.165, 1.54) is 42.5 Å². The number of aryl methyl sites for hydroxylation is 2. The first-order valence-electron chi connectivity index (χ1n) is 6.55. The summed E-state index contributed by atoms with van der Waals surface area (Å²) in [5, 5.41) is 3.75. The fourth-order valence-electron chi connectivity index (χ4n) is 3.69. The van der Waals surface area contributed by atoms with E-state index in [2.05, 4.69) is 37.4 Å². The Balaban J connectivity index is 1.74. The zero-order valence-corrected chi connectivity index (χ0v) is 10.3. The van der Waals surface area contributed by atoms with Crippen LogP contribution < -0.4 is 5.32 Å². The number of fused-ring (bicyclic) bond motifs is 2. The predicted molar refractivity (Wildman–Crippen MR) is 68.8 cm³/mol. The summed E-state index contributed by atoms with van der Waals surface area (Å²) >= 11 is 0. The third-order valence-electron chi connectivity index (χ3n) is 4.31. The Bertz CT molecular complexity index is 376. The lowest BCUT2D eigenvalue weighted by molar-refractivity contribution is 0.440. The lowest BCUT2D eigenvalue weighted by atomic mass is 9.95. The molecule has 1 heteroatoms. The average Bonchev–Trinajstić information content (AvgIpc) is 2.77. The van der Waals surface area contributed by atoms with E-state index in [0.29, 0.717) is 0 Å². The highest BCUT2D eigenvalue weighted by Gasteiger charge is 2.39. The highest BCUT2D eigenvalue weighted by molar-refractivity contribution is 5.49. The molecular weight excluding hydrogens is 194 g/mol. The van der Waals surface area contributed by atoms with Crippen LogP contribution in [0.3, 0.4) is 0 Å². The Morgan fingerprint density at radius 1 is 1.00 bits per heavy atom. The molecule has 0 saturated heterocycles. The van der Waals surface area contributed by atoms with Crippen molar-refractivity contribution >= 4 is 5.69 Å². The third-order valence-corrected chi connectivity index (χ3v) is 4.31. The number of hydrogen-bond donors (Lipinski definition) is 1. The second-order valence-corrected chi connectivity index (χ2v) is 5.80. The van der Waals surface area contributed by atoms with Crippen molar-refractivity contribution in [3.8, 4) is 0 Å². The van der Waals surface area contributed by atoms with E-state index < -0.39 is 0 Å². The molecule has 2 aliphatic rings. The molecule has 2 aliphatic carbocycles. The number of benzene rings is 1. The van der Waals surface area contributed by atoms with Crippen LogP contribution in [0, 0.1) is 25.7 Å². The van der Waals surface area contributed by atoms with Gasteiger partial charge >= 0.3 is 0 Å². The molecule has 0 amide bonds. The summed E-state index contributed by atoms with van der Waals surface area (Å²) in [4.78, 5) is 0. The van der Waals surface area contributed by atoms with E-state index in [-0.39, 0.29) is 0 Å². The van der Waals surface area contributed by atoms with E-state index in [9.17, 15) is 0 Å². The second kappa shape index (κ2) is 3.80. The van der Waals surface area contributed by atoms with Gasteiger partial charge in [0.25, 0.3) is 0 Å². The highest BCUT2D eigenvalue weighted by Crippen LogP contribution is 2.45. The fourth-order valence-corrected chi connectivity index (χ4v) is 3.69. The first-order chi connectivity index (χ1) is 7.70. The van der Waals surface area contributed by atoms with Crippen LogP contribution in [0.2, 0.25) is 0 Å². The topological polar surface area (TPSA) is 12.0 Å². The SMILES string of the molecule is Cc1cc(C)cc(NC2CC3CCC2C3)c1. The van der Waals surface area contributed by atoms with Crippen molar-refractivity contribution in [3.05, 3.63) is 29.3 Å². The monoisotopic (exact) mass is 215 g/mol. The summed E-state index contributed by atoms with van der Waals surface area (Å²) in [5.74, 6) is 1.97. The van der Waals surface area contributed by atoms with Crippen molar-refractivity contribution in [1.29, 1.82) is 0 Å². The van der Waals surface area contributed by atoms with Crippen molar-refractivity contribution < 1.29 is 0 Å². The standard InChI is InChI=1S/C15H21N/c1-10-5-11(2)7-14(6-10)16-15-9-12-3-4-13(15)8-12/h5-7,12-13,15-16H,3-4,8-9H2,1-2H3. The summed E-state index contributed by atoms with van der Waals surface area (Å²) < 4.78 is 0. The van der Waals surface area contributed by atoms with Gasteiger partial charge in [-0.2, -0.15) is 0 Å². The minimum Gasteiger partial charge on any atom is -0.382 e. The zero-order chi connectivity index (χ0) is 11.1. The van der Waals surface area contributed by atoms with Gasteiger partial charge in [0.15, 0.2) is 0 Å². The minimum atomic E-state index is 0.750. The maximum atomic E-state index is 3.75. The van der Waals surface area contributed by atoms with Gasteiger partial charge in [-0.25, -0.2) is 0 Å². The number of hydrogen-bond acceptors (Lipinski definition) is 1. The summed E-state index contributed by atoms with van der Waals surface area (Å²) in [6.07, 6.45) is 5.81. The number of rotatable bonds is 2. The van der Waals surface area contributed by atoms with Crippen LogP contribution in [0.4, 0.5) is 5.69 Å². The van der Waals surface area contributed by atoms with Crippen LogP contribution >= 0.6 is 0 Å². The highest BCUT2D eigenvalue weighted by atomic mass is 14.9. The molecule has 16 heavy (non-hydrogen) atoms. The Hall–Kier alpha value is -0.980. The summed E-state index contributed by atoms with van der Waals surface area (Å²) in [6.45, 7) is 4.36. The molecule has 3 unspecified atom stereocenters. The first-order valence-corrected chi connectivity index (χ1v) is 6.55. The van der Waals surface area contributed by atoms with Crippen LogP contribution in [0.5, 0.6) is 0 Å². The summed E-state index contributed by atoms with van der Waals surface area (Å²) in [6, 6.07) is 7.55. The molecule has 1 aromatic rings. The predicted octanol–water partition coefficient (Wildman–Crippen LogP) is 3.90. The molecular formula is C15H21N. The van der Waals surface area contributed by atoms with Crippen molar-refractivity contribution in [1.82, 2.24) is 0 Å². The van der Waals surface area contributed by atoms with E-state index in [1.807, 2.05) is 0 Å². The second-order valence-electron chi connectivity index (χ2n) is 5.80. The fraction of sp³-hybridized carbons (Fsp3) is 0.600. The van der Waals surface area contributed by atoms with Crippen molar-refractivity contribution in [2.45, 2.75) is 45.6 Å². The Labute approximate surface area is 98.3 Å². The summed E-state index contributed by atoms with van der Waals surface area (Å²) in [7, 11) is 0. The Morgan fingerprint density at radius 3 is 2.31 bits per heavy atom. The first kappa shape index (κ1) is 10.2. The molecule has 1 aromatic carbocycles. The molecule has 2 bridgehead atoms. The Kier molecular flexibility index (Phi) is 2.42. The van der Waals surface area contributed by atoms with Gasteiger partial charge in [-0.3, -0.25) is 0 Å². The van der Waals surface area contributed by atoms with E-state index in [0.717, 1.165) is 17.9 Å². The smallest absolute Gasteiger partial charge is 0.0347 e. The average molecular weight is 215 g/mol. The quantitative estimate of drug-likeness (QED) is 0.789. The third kappa shape index (κ3) is 1.83. The molecule has 3 rings (SSSR count). The molecule has 0 aromatic heterocycles. The van der Waals surface area contributed by atoms with Gasteiger partial charge in [-0.1, -0.05) is 12.5 Å². The van der Waals surface area contributed by atoms with Crippen molar-refractivity contribution in [2.75, 3.05) is 5.32 Å². The molecule has 2 fully saturated rings.